The fourth-order valence-electron chi connectivity index (χ4n) is 3.58. The first kappa shape index (κ1) is 27.7. The van der Waals surface area contributed by atoms with E-state index in [2.05, 4.69) is 40.6 Å². The van der Waals surface area contributed by atoms with Gasteiger partial charge >= 0.3 is 0 Å². The molecular formula is C25H38N4O4S. The monoisotopic (exact) mass is 490 g/mol. The van der Waals surface area contributed by atoms with E-state index in [0.717, 1.165) is 34.7 Å². The Morgan fingerprint density at radius 1 is 1.44 bits per heavy atom. The number of aromatic nitrogens is 1. The van der Waals surface area contributed by atoms with Gasteiger partial charge in [-0.15, -0.1) is 11.3 Å². The molecule has 9 heteroatoms. The quantitative estimate of drug-likeness (QED) is 0.200. The van der Waals surface area contributed by atoms with Gasteiger partial charge in [-0.3, -0.25) is 9.59 Å². The Morgan fingerprint density at radius 3 is 2.85 bits per heavy atom. The average molecular weight is 491 g/mol. The van der Waals surface area contributed by atoms with Gasteiger partial charge in [-0.1, -0.05) is 37.2 Å². The minimum absolute atomic E-state index is 0.0983. The van der Waals surface area contributed by atoms with Gasteiger partial charge in [0.1, 0.15) is 12.1 Å². The summed E-state index contributed by atoms with van der Waals surface area (Å²) >= 11 is 1.60. The lowest BCUT2D eigenvalue weighted by Gasteiger charge is -2.24. The molecule has 2 rings (SSSR count). The standard InChI is InChI=1S/C25H38N4O4S/c1-6-8-10-20(24-19(5)27-16-34-24)11-9-12-26-25(32)22-14-21(30)15-29(22)23(31)13-18(4)33-28-17(3)7-2/h8,10-11,16,18,21-22,30H,6-7,9,12-15H2,1-5H3,(H,26,32)/b10-8-,20-11+,28-17-/t18?,21-,22+/m1/s1. The summed E-state index contributed by atoms with van der Waals surface area (Å²) in [6, 6.07) is -0.678. The van der Waals surface area contributed by atoms with E-state index >= 15 is 0 Å². The van der Waals surface area contributed by atoms with Crippen LogP contribution < -0.4 is 5.32 Å². The van der Waals surface area contributed by atoms with Crippen LogP contribution in [0.5, 0.6) is 0 Å². The third-order valence-electron chi connectivity index (χ3n) is 5.61. The number of hydrogen-bond acceptors (Lipinski definition) is 7. The van der Waals surface area contributed by atoms with Gasteiger partial charge in [-0.2, -0.15) is 0 Å². The Morgan fingerprint density at radius 2 is 2.21 bits per heavy atom. The fraction of sp³-hybridized carbons (Fsp3) is 0.600. The van der Waals surface area contributed by atoms with Crippen LogP contribution in [0.1, 0.15) is 70.4 Å². The molecule has 2 heterocycles. The first-order valence-corrected chi connectivity index (χ1v) is 12.9. The number of carbonyl (C=O) groups excluding carboxylic acids is 2. The maximum atomic E-state index is 12.8. The van der Waals surface area contributed by atoms with Gasteiger partial charge in [0.05, 0.1) is 34.3 Å². The first-order valence-electron chi connectivity index (χ1n) is 12.0. The zero-order chi connectivity index (χ0) is 25.1. The molecule has 8 nitrogen and oxygen atoms in total. The summed E-state index contributed by atoms with van der Waals surface area (Å²) < 4.78 is 0. The number of nitrogens with zero attached hydrogens (tertiary/aromatic N) is 3. The molecule has 2 amide bonds. The van der Waals surface area contributed by atoms with E-state index in [1.54, 1.807) is 18.3 Å². The van der Waals surface area contributed by atoms with Crippen LogP contribution in [0.4, 0.5) is 0 Å². The van der Waals surface area contributed by atoms with Crippen molar-refractivity contribution in [3.05, 3.63) is 34.3 Å². The Bertz CT molecular complexity index is 908. The molecule has 1 fully saturated rings. The number of aryl methyl sites for hydroxylation is 1. The van der Waals surface area contributed by atoms with Crippen molar-refractivity contribution in [1.82, 2.24) is 15.2 Å². The van der Waals surface area contributed by atoms with Crippen LogP contribution in [0.25, 0.3) is 5.57 Å². The number of hydrogen-bond donors (Lipinski definition) is 2. The molecule has 3 atom stereocenters. The second-order valence-corrected chi connectivity index (χ2v) is 9.42. The molecule has 1 aliphatic heterocycles. The molecule has 0 aromatic carbocycles. The molecule has 1 aliphatic rings. The lowest BCUT2D eigenvalue weighted by Crippen LogP contribution is -2.46. The number of β-amino-alcohol motifs (C(OH)–C–C–N with tert-alkyl or cyclic N) is 1. The zero-order valence-electron chi connectivity index (χ0n) is 20.9. The van der Waals surface area contributed by atoms with E-state index < -0.39 is 18.2 Å². The van der Waals surface area contributed by atoms with Crippen LogP contribution in [-0.4, -0.2) is 63.9 Å². The van der Waals surface area contributed by atoms with E-state index in [1.807, 2.05) is 26.3 Å². The van der Waals surface area contributed by atoms with Crippen LogP contribution in [0.3, 0.4) is 0 Å². The normalized spacial score (nSPS) is 20.1. The molecule has 1 aromatic heterocycles. The Balaban J connectivity index is 1.93. The number of likely N-dealkylation sites (tertiary alicyclic amines) is 1. The molecule has 0 spiro atoms. The predicted octanol–water partition coefficient (Wildman–Crippen LogP) is 3.85. The highest BCUT2D eigenvalue weighted by Gasteiger charge is 2.39. The average Bonchev–Trinajstić information content (AvgIpc) is 3.42. The molecule has 0 bridgehead atoms. The lowest BCUT2D eigenvalue weighted by atomic mass is 10.1. The van der Waals surface area contributed by atoms with Crippen molar-refractivity contribution >= 4 is 34.4 Å². The second kappa shape index (κ2) is 14.0. The van der Waals surface area contributed by atoms with Gasteiger partial charge in [0.2, 0.25) is 11.8 Å². The Hall–Kier alpha value is -2.52. The van der Waals surface area contributed by atoms with Crippen molar-refractivity contribution in [2.24, 2.45) is 5.16 Å². The van der Waals surface area contributed by atoms with Crippen LogP contribution in [0.15, 0.2) is 28.9 Å². The number of amides is 2. The second-order valence-electron chi connectivity index (χ2n) is 8.57. The third-order valence-corrected chi connectivity index (χ3v) is 6.59. The maximum Gasteiger partial charge on any atom is 0.242 e. The molecule has 0 radical (unpaired) electrons. The van der Waals surface area contributed by atoms with Gasteiger partial charge in [-0.05, 0) is 45.6 Å². The van der Waals surface area contributed by atoms with Crippen LogP contribution in [-0.2, 0) is 14.4 Å². The summed E-state index contributed by atoms with van der Waals surface area (Å²) in [6.07, 6.45) is 7.86. The summed E-state index contributed by atoms with van der Waals surface area (Å²) in [4.78, 5) is 37.9. The molecule has 0 saturated carbocycles. The van der Waals surface area contributed by atoms with E-state index in [1.165, 1.54) is 4.90 Å². The minimum Gasteiger partial charge on any atom is -0.392 e. The number of aliphatic hydroxyl groups is 1. The topological polar surface area (TPSA) is 104 Å². The summed E-state index contributed by atoms with van der Waals surface area (Å²) in [5, 5.41) is 17.0. The Kier molecular flexibility index (Phi) is 11.4. The zero-order valence-corrected chi connectivity index (χ0v) is 21.7. The van der Waals surface area contributed by atoms with Gasteiger partial charge in [0, 0.05) is 19.5 Å². The van der Waals surface area contributed by atoms with Gasteiger partial charge in [0.25, 0.3) is 0 Å². The number of nitrogens with one attached hydrogen (secondary N) is 1. The Labute approximate surface area is 206 Å². The number of rotatable bonds is 12. The van der Waals surface area contributed by atoms with Crippen molar-refractivity contribution < 1.29 is 19.5 Å². The summed E-state index contributed by atoms with van der Waals surface area (Å²) in [6.45, 7) is 10.3. The molecule has 1 aromatic rings. The van der Waals surface area contributed by atoms with Crippen LogP contribution in [0.2, 0.25) is 0 Å². The van der Waals surface area contributed by atoms with E-state index in [9.17, 15) is 14.7 Å². The molecular weight excluding hydrogens is 452 g/mol. The molecule has 34 heavy (non-hydrogen) atoms. The molecule has 0 aliphatic carbocycles. The maximum absolute atomic E-state index is 12.8. The van der Waals surface area contributed by atoms with E-state index in [4.69, 9.17) is 4.84 Å². The molecule has 1 unspecified atom stereocenters. The number of allylic oxidation sites excluding steroid dienone is 3. The summed E-state index contributed by atoms with van der Waals surface area (Å²) in [5.41, 5.74) is 4.77. The van der Waals surface area contributed by atoms with Gasteiger partial charge < -0.3 is 20.2 Å². The minimum atomic E-state index is -0.712. The highest BCUT2D eigenvalue weighted by atomic mass is 32.1. The van der Waals surface area contributed by atoms with E-state index in [-0.39, 0.29) is 31.2 Å². The third kappa shape index (κ3) is 8.36. The largest absolute Gasteiger partial charge is 0.392 e. The van der Waals surface area contributed by atoms with Crippen molar-refractivity contribution in [2.75, 3.05) is 13.1 Å². The molecule has 188 valence electrons. The van der Waals surface area contributed by atoms with E-state index in [0.29, 0.717) is 13.0 Å². The van der Waals surface area contributed by atoms with Crippen molar-refractivity contribution in [3.63, 3.8) is 0 Å². The van der Waals surface area contributed by atoms with Crippen molar-refractivity contribution in [3.8, 4) is 0 Å². The number of thiazole rings is 1. The van der Waals surface area contributed by atoms with Gasteiger partial charge in [-0.25, -0.2) is 4.98 Å². The predicted molar refractivity (Wildman–Crippen MR) is 137 cm³/mol. The molecule has 2 N–H and O–H groups in total. The highest BCUT2D eigenvalue weighted by molar-refractivity contribution is 7.11. The SMILES string of the molecule is CC/C=C\C(=C/CCNC(=O)[C@@H]1C[C@@H](O)CN1C(=O)CC(C)O/N=C(/C)CC)c1scnc1C. The van der Waals surface area contributed by atoms with Gasteiger partial charge in [0.15, 0.2) is 0 Å². The smallest absolute Gasteiger partial charge is 0.242 e. The summed E-state index contributed by atoms with van der Waals surface area (Å²) in [7, 11) is 0. The lowest BCUT2D eigenvalue weighted by molar-refractivity contribution is -0.140. The summed E-state index contributed by atoms with van der Waals surface area (Å²) in [5.74, 6) is -0.465. The number of oxime groups is 1. The molecule has 1 saturated heterocycles. The van der Waals surface area contributed by atoms with Crippen molar-refractivity contribution in [1.29, 1.82) is 0 Å². The number of carbonyl (C=O) groups is 2. The fourth-order valence-corrected chi connectivity index (χ4v) is 4.41. The van der Waals surface area contributed by atoms with Crippen LogP contribution in [0, 0.1) is 6.92 Å². The van der Waals surface area contributed by atoms with Crippen molar-refractivity contribution in [2.45, 2.75) is 85.0 Å². The number of aliphatic hydroxyl groups excluding tert-OH is 1. The first-order chi connectivity index (χ1) is 16.3. The van der Waals surface area contributed by atoms with Crippen LogP contribution >= 0.6 is 11.3 Å². The highest BCUT2D eigenvalue weighted by Crippen LogP contribution is 2.25.